The first-order valence-corrected chi connectivity index (χ1v) is 25.7. The van der Waals surface area contributed by atoms with Gasteiger partial charge < -0.3 is 29.5 Å². The number of benzene rings is 3. The Hall–Kier alpha value is -5.00. The fourth-order valence-corrected chi connectivity index (χ4v) is 13.0. The number of methoxy groups -OCH3 is 3. The van der Waals surface area contributed by atoms with Gasteiger partial charge in [-0.05, 0) is 85.6 Å². The number of aromatic hydroxyl groups is 3. The number of ether oxygens (including phenoxy) is 3. The van der Waals surface area contributed by atoms with E-state index < -0.39 is 69.9 Å². The van der Waals surface area contributed by atoms with Crippen molar-refractivity contribution in [3.05, 3.63) is 97.6 Å². The van der Waals surface area contributed by atoms with Crippen LogP contribution in [0.25, 0.3) is 18.2 Å². The van der Waals surface area contributed by atoms with Crippen LogP contribution in [0.2, 0.25) is 0 Å². The van der Waals surface area contributed by atoms with Gasteiger partial charge in [-0.15, -0.1) is 0 Å². The molecule has 0 radical (unpaired) electrons. The summed E-state index contributed by atoms with van der Waals surface area (Å²) in [6.45, 7) is 35.8. The summed E-state index contributed by atoms with van der Waals surface area (Å²) in [4.78, 5) is 39.1. The molecular formula is C58H80O12P+. The minimum absolute atomic E-state index is 0.0246. The monoisotopic (exact) mass is 1000 g/mol. The van der Waals surface area contributed by atoms with Crippen LogP contribution >= 0.6 is 7.94 Å². The molecule has 3 fully saturated rings. The lowest BCUT2D eigenvalue weighted by Gasteiger charge is -2.52. The van der Waals surface area contributed by atoms with Gasteiger partial charge >= 0.3 is 25.9 Å². The van der Waals surface area contributed by atoms with E-state index >= 15 is 0 Å². The summed E-state index contributed by atoms with van der Waals surface area (Å²) in [6, 6.07) is 5.60. The number of phenolic OH excluding ortho intramolecular Hbond substituents is 3. The molecule has 1 unspecified atom stereocenters. The first kappa shape index (κ1) is 56.9. The molecule has 388 valence electrons. The number of esters is 3. The van der Waals surface area contributed by atoms with E-state index in [2.05, 4.69) is 0 Å². The average molecular weight is 1000 g/mol. The van der Waals surface area contributed by atoms with E-state index in [-0.39, 0.29) is 30.5 Å². The summed E-state index contributed by atoms with van der Waals surface area (Å²) in [5, 5.41) is 38.7. The van der Waals surface area contributed by atoms with Gasteiger partial charge in [-0.1, -0.05) is 125 Å². The summed E-state index contributed by atoms with van der Waals surface area (Å²) in [5.74, 6) is -1.68. The molecule has 0 amide bonds. The van der Waals surface area contributed by atoms with Gasteiger partial charge in [0.15, 0.2) is 5.30 Å². The maximum atomic E-state index is 13.1. The van der Waals surface area contributed by atoms with E-state index in [9.17, 15) is 29.7 Å². The molecule has 0 aromatic heterocycles. The molecule has 3 aliphatic rings. The van der Waals surface area contributed by atoms with Crippen molar-refractivity contribution in [1.82, 2.24) is 0 Å². The van der Waals surface area contributed by atoms with Gasteiger partial charge in [0, 0.05) is 57.2 Å². The highest BCUT2D eigenvalue weighted by molar-refractivity contribution is 7.70. The second-order valence-electron chi connectivity index (χ2n) is 25.1. The summed E-state index contributed by atoms with van der Waals surface area (Å²) >= 11 is 0. The van der Waals surface area contributed by atoms with Crippen molar-refractivity contribution < 1.29 is 57.5 Å². The third-order valence-electron chi connectivity index (χ3n) is 13.2. The lowest BCUT2D eigenvalue weighted by atomic mass is 9.63. The van der Waals surface area contributed by atoms with Gasteiger partial charge in [0.2, 0.25) is 0 Å². The lowest BCUT2D eigenvalue weighted by Crippen LogP contribution is -2.56. The second-order valence-corrected chi connectivity index (χ2v) is 27.3. The van der Waals surface area contributed by atoms with E-state index in [1.54, 1.807) is 18.2 Å². The zero-order chi connectivity index (χ0) is 54.0. The molecule has 3 heterocycles. The Morgan fingerprint density at radius 1 is 0.521 bits per heavy atom. The third-order valence-corrected chi connectivity index (χ3v) is 15.7. The number of rotatable bonds is 9. The molecule has 0 aliphatic carbocycles. The van der Waals surface area contributed by atoms with E-state index in [1.165, 1.54) is 39.6 Å². The van der Waals surface area contributed by atoms with Crippen LogP contribution in [0.15, 0.2) is 36.4 Å². The highest BCUT2D eigenvalue weighted by Gasteiger charge is 2.71. The first-order valence-electron chi connectivity index (χ1n) is 24.2. The van der Waals surface area contributed by atoms with E-state index in [0.717, 1.165) is 0 Å². The Bertz CT molecular complexity index is 2670. The highest BCUT2D eigenvalue weighted by Crippen LogP contribution is 2.77. The van der Waals surface area contributed by atoms with Crippen molar-refractivity contribution in [2.75, 3.05) is 34.5 Å². The minimum atomic E-state index is -3.95. The molecule has 6 rings (SSSR count). The van der Waals surface area contributed by atoms with Crippen LogP contribution in [-0.4, -0.2) is 67.8 Å². The summed E-state index contributed by atoms with van der Waals surface area (Å²) in [5.41, 5.74) is 0.730. The number of phenols is 3. The largest absolute Gasteiger partial charge is 0.507 e. The Morgan fingerprint density at radius 3 is 1.24 bits per heavy atom. The van der Waals surface area contributed by atoms with Crippen LogP contribution in [0, 0.1) is 0 Å². The standard InChI is InChI=1S/C58H79O12P/c1-52(2,3)36-28-33(22-25-39(59)65-19)42(44(47(36)62)55(10,11)12)51-58(43-34(23-26-40(60)66-20)29-37(53(4,5)6)48(63)45(43)56(13,14)15)31-68-71(70-51,69-32-58)50-35(24-27-41(61)67-21)30-38(54(7,8)9)49(64)46(50)57(16,17)18/h22-30,51H,31-32H2,1-21H3,(H2-,59,60,61,62,63,64)/p+1. The molecule has 2 bridgehead atoms. The number of carbonyl (C=O) groups is 3. The van der Waals surface area contributed by atoms with Crippen LogP contribution in [0.4, 0.5) is 0 Å². The Kier molecular flexibility index (Phi) is 15.6. The Balaban J connectivity index is 2.17. The molecule has 0 saturated carbocycles. The average Bonchev–Trinajstić information content (AvgIpc) is 3.24. The predicted octanol–water partition coefficient (Wildman–Crippen LogP) is 12.3. The molecule has 1 atom stereocenters. The van der Waals surface area contributed by atoms with Crippen LogP contribution in [0.3, 0.4) is 0 Å². The molecule has 3 aliphatic heterocycles. The Morgan fingerprint density at radius 2 is 0.859 bits per heavy atom. The minimum Gasteiger partial charge on any atom is -0.507 e. The lowest BCUT2D eigenvalue weighted by molar-refractivity contribution is -0.135. The Labute approximate surface area is 423 Å². The molecule has 13 heteroatoms. The highest BCUT2D eigenvalue weighted by atomic mass is 31.2. The quantitative estimate of drug-likeness (QED) is 0.0804. The number of hydrogen-bond acceptors (Lipinski definition) is 12. The SMILES string of the molecule is COC(=O)/C=C/c1cc(C(C)(C)C)c(O)c(C(C)(C)C)c1C1O[P+]2(c3c(/C=C/C(=O)OC)cc(C(C)(C)C)c(O)c3C(C)(C)C)OCC1(c1c(/C=C/C(=O)OC)cc(C(C)(C)C)c(O)c1C(C)(C)C)CO2. The van der Waals surface area contributed by atoms with E-state index in [0.29, 0.717) is 66.5 Å². The van der Waals surface area contributed by atoms with Gasteiger partial charge in [0.05, 0.1) is 32.3 Å². The fraction of sp³-hybridized carbons (Fsp3) is 0.534. The van der Waals surface area contributed by atoms with Crippen LogP contribution < -0.4 is 5.30 Å². The van der Waals surface area contributed by atoms with Crippen LogP contribution in [0.5, 0.6) is 17.2 Å². The predicted molar refractivity (Wildman–Crippen MR) is 284 cm³/mol. The maximum Gasteiger partial charge on any atom is 0.450 e. The number of hydrogen-bond donors (Lipinski definition) is 3. The van der Waals surface area contributed by atoms with Gasteiger partial charge in [-0.25, -0.2) is 14.4 Å². The number of carbonyl (C=O) groups excluding carboxylic acids is 3. The van der Waals surface area contributed by atoms with Crippen molar-refractivity contribution in [2.24, 2.45) is 0 Å². The molecular weight excluding hydrogens is 920 g/mol. The van der Waals surface area contributed by atoms with Gasteiger partial charge in [-0.3, -0.25) is 0 Å². The summed E-state index contributed by atoms with van der Waals surface area (Å²) in [6.07, 6.45) is 7.87. The summed E-state index contributed by atoms with van der Waals surface area (Å²) < 4.78 is 37.8. The molecule has 71 heavy (non-hydrogen) atoms. The molecule has 3 saturated heterocycles. The van der Waals surface area contributed by atoms with Crippen molar-refractivity contribution in [3.8, 4) is 17.2 Å². The third kappa shape index (κ3) is 11.0. The zero-order valence-corrected chi connectivity index (χ0v) is 47.0. The van der Waals surface area contributed by atoms with Gasteiger partial charge in [0.25, 0.3) is 0 Å². The van der Waals surface area contributed by atoms with Gasteiger partial charge in [-0.2, -0.15) is 13.6 Å². The van der Waals surface area contributed by atoms with Crippen LogP contribution in [0.1, 0.15) is 192 Å². The topological polar surface area (TPSA) is 167 Å². The zero-order valence-electron chi connectivity index (χ0n) is 46.2. The van der Waals surface area contributed by atoms with E-state index in [1.807, 2.05) is 143 Å². The second kappa shape index (κ2) is 19.4. The molecule has 3 N–H and O–H groups in total. The fourth-order valence-electron chi connectivity index (χ4n) is 9.91. The van der Waals surface area contributed by atoms with E-state index in [4.69, 9.17) is 27.8 Å². The molecule has 12 nitrogen and oxygen atoms in total. The van der Waals surface area contributed by atoms with Crippen molar-refractivity contribution in [3.63, 3.8) is 0 Å². The number of fused-ring (bicyclic) bond motifs is 3. The summed E-state index contributed by atoms with van der Waals surface area (Å²) in [7, 11) is -0.0433. The van der Waals surface area contributed by atoms with Crippen molar-refractivity contribution in [1.29, 1.82) is 0 Å². The van der Waals surface area contributed by atoms with Crippen molar-refractivity contribution >= 4 is 49.4 Å². The van der Waals surface area contributed by atoms with Crippen molar-refractivity contribution in [2.45, 2.75) is 169 Å². The maximum absolute atomic E-state index is 13.1. The molecule has 3 aromatic rings. The normalized spacial score (nSPS) is 20.3. The molecule has 0 spiro atoms. The van der Waals surface area contributed by atoms with Gasteiger partial charge in [0.1, 0.15) is 36.6 Å². The smallest absolute Gasteiger partial charge is 0.450 e. The molecule has 3 aromatic carbocycles. The van der Waals surface area contributed by atoms with Crippen LogP contribution in [-0.2, 0) is 80.1 Å². The first-order chi connectivity index (χ1) is 32.3.